The molecule has 1 aliphatic heterocycles. The van der Waals surface area contributed by atoms with E-state index in [1.807, 2.05) is 19.9 Å². The van der Waals surface area contributed by atoms with Gasteiger partial charge in [0.05, 0.1) is 17.2 Å². The highest BCUT2D eigenvalue weighted by molar-refractivity contribution is 6.01. The Bertz CT molecular complexity index is 1010. The monoisotopic (exact) mass is 338 g/mol. The molecular formula is C18H18N4O3. The van der Waals surface area contributed by atoms with Crippen molar-refractivity contribution >= 4 is 11.6 Å². The maximum Gasteiger partial charge on any atom is 0.327 e. The molecule has 128 valence electrons. The van der Waals surface area contributed by atoms with Crippen LogP contribution in [-0.4, -0.2) is 20.7 Å². The molecule has 3 N–H and O–H groups in total. The highest BCUT2D eigenvalue weighted by Crippen LogP contribution is 2.46. The summed E-state index contributed by atoms with van der Waals surface area (Å²) in [6.07, 6.45) is 2.70. The fraction of sp³-hybridized carbons (Fsp3) is 0.333. The molecule has 4 rings (SSSR count). The largest absolute Gasteiger partial charge is 0.344 e. The normalized spacial score (nSPS) is 21.4. The Morgan fingerprint density at radius 1 is 1.12 bits per heavy atom. The SMILES string of the molecule is CC1(C)CC(=O)C2=C(C1)Nc1[nH]c(=O)[nH]c(=O)c1[C@H]2c1ccccn1. The molecule has 0 aromatic carbocycles. The van der Waals surface area contributed by atoms with Gasteiger partial charge in [-0.3, -0.25) is 24.5 Å². The van der Waals surface area contributed by atoms with Gasteiger partial charge in [-0.25, -0.2) is 4.79 Å². The molecule has 0 saturated heterocycles. The summed E-state index contributed by atoms with van der Waals surface area (Å²) < 4.78 is 0. The van der Waals surface area contributed by atoms with Gasteiger partial charge in [0.15, 0.2) is 5.78 Å². The van der Waals surface area contributed by atoms with E-state index in [-0.39, 0.29) is 11.2 Å². The first kappa shape index (κ1) is 15.6. The smallest absolute Gasteiger partial charge is 0.327 e. The molecule has 3 heterocycles. The number of aromatic amines is 2. The summed E-state index contributed by atoms with van der Waals surface area (Å²) in [5, 5.41) is 3.12. The van der Waals surface area contributed by atoms with Gasteiger partial charge >= 0.3 is 5.69 Å². The lowest BCUT2D eigenvalue weighted by Crippen LogP contribution is -2.39. The van der Waals surface area contributed by atoms with Gasteiger partial charge < -0.3 is 5.32 Å². The lowest BCUT2D eigenvalue weighted by Gasteiger charge is -2.38. The van der Waals surface area contributed by atoms with Crippen molar-refractivity contribution in [1.29, 1.82) is 0 Å². The van der Waals surface area contributed by atoms with Gasteiger partial charge in [-0.05, 0) is 24.0 Å². The predicted molar refractivity (Wildman–Crippen MR) is 92.4 cm³/mol. The van der Waals surface area contributed by atoms with Crippen LogP contribution in [0.3, 0.4) is 0 Å². The van der Waals surface area contributed by atoms with E-state index < -0.39 is 17.2 Å². The molecule has 1 atom stereocenters. The number of rotatable bonds is 1. The van der Waals surface area contributed by atoms with Gasteiger partial charge in [0.25, 0.3) is 5.56 Å². The number of allylic oxidation sites excluding steroid dienone is 2. The minimum Gasteiger partial charge on any atom is -0.344 e. The summed E-state index contributed by atoms with van der Waals surface area (Å²) in [5.74, 6) is -0.240. The third kappa shape index (κ3) is 2.52. The molecule has 1 aliphatic carbocycles. The number of carbonyl (C=O) groups is 1. The van der Waals surface area contributed by atoms with Gasteiger partial charge in [0, 0.05) is 23.9 Å². The maximum absolute atomic E-state index is 12.9. The van der Waals surface area contributed by atoms with Gasteiger partial charge in [0.1, 0.15) is 5.82 Å². The van der Waals surface area contributed by atoms with Crippen molar-refractivity contribution in [2.45, 2.75) is 32.6 Å². The number of aromatic nitrogens is 3. The minimum absolute atomic E-state index is 0.00523. The van der Waals surface area contributed by atoms with Crippen molar-refractivity contribution < 1.29 is 4.79 Å². The molecule has 7 nitrogen and oxygen atoms in total. The first-order valence-electron chi connectivity index (χ1n) is 8.16. The Morgan fingerprint density at radius 2 is 1.92 bits per heavy atom. The zero-order valence-electron chi connectivity index (χ0n) is 14.0. The number of hydrogen-bond acceptors (Lipinski definition) is 5. The fourth-order valence-electron chi connectivity index (χ4n) is 3.79. The van der Waals surface area contributed by atoms with Crippen molar-refractivity contribution in [3.8, 4) is 0 Å². The molecule has 7 heteroatoms. The second-order valence-electron chi connectivity index (χ2n) is 7.34. The van der Waals surface area contributed by atoms with Gasteiger partial charge in [0.2, 0.25) is 0 Å². The molecule has 0 bridgehead atoms. The number of ketones is 1. The first-order chi connectivity index (χ1) is 11.9. The van der Waals surface area contributed by atoms with Gasteiger partial charge in [-0.1, -0.05) is 19.9 Å². The van der Waals surface area contributed by atoms with Crippen LogP contribution >= 0.6 is 0 Å². The van der Waals surface area contributed by atoms with Crippen LogP contribution in [0, 0.1) is 5.41 Å². The number of nitrogens with zero attached hydrogens (tertiary/aromatic N) is 1. The van der Waals surface area contributed by atoms with Crippen LogP contribution in [0.25, 0.3) is 0 Å². The Balaban J connectivity index is 2.01. The topological polar surface area (TPSA) is 108 Å². The quantitative estimate of drug-likeness (QED) is 0.733. The zero-order valence-corrected chi connectivity index (χ0v) is 14.0. The summed E-state index contributed by atoms with van der Waals surface area (Å²) >= 11 is 0. The third-order valence-electron chi connectivity index (χ3n) is 4.74. The van der Waals surface area contributed by atoms with E-state index in [1.165, 1.54) is 0 Å². The summed E-state index contributed by atoms with van der Waals surface area (Å²) in [6, 6.07) is 5.40. The second-order valence-corrected chi connectivity index (χ2v) is 7.34. The van der Waals surface area contributed by atoms with Crippen molar-refractivity contribution in [2.24, 2.45) is 5.41 Å². The van der Waals surface area contributed by atoms with Crippen LogP contribution < -0.4 is 16.6 Å². The molecule has 0 amide bonds. The number of Topliss-reactive ketones (excluding diaryl/α,β-unsaturated/α-hetero) is 1. The number of nitrogens with one attached hydrogen (secondary N) is 3. The first-order valence-corrected chi connectivity index (χ1v) is 8.16. The highest BCUT2D eigenvalue weighted by atomic mass is 16.2. The number of carbonyl (C=O) groups excluding carboxylic acids is 1. The molecular weight excluding hydrogens is 320 g/mol. The molecule has 0 fully saturated rings. The highest BCUT2D eigenvalue weighted by Gasteiger charge is 2.42. The van der Waals surface area contributed by atoms with Crippen molar-refractivity contribution in [1.82, 2.24) is 15.0 Å². The van der Waals surface area contributed by atoms with Crippen LogP contribution in [0.1, 0.15) is 43.9 Å². The van der Waals surface area contributed by atoms with Crippen molar-refractivity contribution in [2.75, 3.05) is 5.32 Å². The van der Waals surface area contributed by atoms with E-state index in [4.69, 9.17) is 0 Å². The van der Waals surface area contributed by atoms with Crippen LogP contribution in [0.2, 0.25) is 0 Å². The number of hydrogen-bond donors (Lipinski definition) is 3. The Kier molecular flexibility index (Phi) is 3.28. The van der Waals surface area contributed by atoms with Crippen LogP contribution in [0.15, 0.2) is 45.3 Å². The van der Waals surface area contributed by atoms with Crippen molar-refractivity contribution in [3.05, 3.63) is 67.8 Å². The zero-order chi connectivity index (χ0) is 17.8. The average Bonchev–Trinajstić information content (AvgIpc) is 2.52. The molecule has 0 unspecified atom stereocenters. The fourth-order valence-corrected chi connectivity index (χ4v) is 3.79. The van der Waals surface area contributed by atoms with E-state index in [1.54, 1.807) is 18.3 Å². The van der Waals surface area contributed by atoms with Crippen LogP contribution in [0.4, 0.5) is 5.82 Å². The van der Waals surface area contributed by atoms with Crippen molar-refractivity contribution in [3.63, 3.8) is 0 Å². The lowest BCUT2D eigenvalue weighted by molar-refractivity contribution is -0.118. The van der Waals surface area contributed by atoms with Crippen LogP contribution in [-0.2, 0) is 4.79 Å². The van der Waals surface area contributed by atoms with E-state index in [2.05, 4.69) is 20.3 Å². The van der Waals surface area contributed by atoms with E-state index in [9.17, 15) is 14.4 Å². The summed E-state index contributed by atoms with van der Waals surface area (Å²) in [4.78, 5) is 46.4. The summed E-state index contributed by atoms with van der Waals surface area (Å²) in [7, 11) is 0. The molecule has 0 spiro atoms. The average molecular weight is 338 g/mol. The standard InChI is InChI=1S/C18H18N4O3/c1-18(2)7-10-12(11(23)8-18)13(9-5-3-4-6-19-9)14-15(20-10)21-17(25)22-16(14)24/h3-6,13H,7-8H2,1-2H3,(H3,20,21,22,24,25)/t13-/m0/s1. The molecule has 2 aromatic rings. The maximum atomic E-state index is 12.9. The lowest BCUT2D eigenvalue weighted by atomic mass is 9.70. The Morgan fingerprint density at radius 3 is 2.64 bits per heavy atom. The summed E-state index contributed by atoms with van der Waals surface area (Å²) in [6.45, 7) is 4.06. The summed E-state index contributed by atoms with van der Waals surface area (Å²) in [5.41, 5.74) is 0.992. The van der Waals surface area contributed by atoms with Crippen LogP contribution in [0.5, 0.6) is 0 Å². The molecule has 2 aromatic heterocycles. The van der Waals surface area contributed by atoms with E-state index in [0.717, 1.165) is 5.70 Å². The number of pyridine rings is 1. The van der Waals surface area contributed by atoms with E-state index >= 15 is 0 Å². The second kappa shape index (κ2) is 5.27. The predicted octanol–water partition coefficient (Wildman–Crippen LogP) is 1.66. The Hall–Kier alpha value is -2.96. The number of H-pyrrole nitrogens is 2. The number of anilines is 1. The van der Waals surface area contributed by atoms with Gasteiger partial charge in [-0.15, -0.1) is 0 Å². The molecule has 25 heavy (non-hydrogen) atoms. The molecule has 0 radical (unpaired) electrons. The van der Waals surface area contributed by atoms with Gasteiger partial charge in [-0.2, -0.15) is 0 Å². The minimum atomic E-state index is -0.586. The third-order valence-corrected chi connectivity index (χ3v) is 4.74. The van der Waals surface area contributed by atoms with E-state index in [0.29, 0.717) is 35.5 Å². The molecule has 0 saturated carbocycles. The number of fused-ring (bicyclic) bond motifs is 1. The Labute approximate surface area is 143 Å². The molecule has 2 aliphatic rings.